The molecule has 0 bridgehead atoms. The van der Waals surface area contributed by atoms with E-state index in [1.807, 2.05) is 6.92 Å². The Labute approximate surface area is 216 Å². The van der Waals surface area contributed by atoms with Gasteiger partial charge >= 0.3 is 12.3 Å². The van der Waals surface area contributed by atoms with Crippen molar-refractivity contribution in [3.63, 3.8) is 0 Å². The summed E-state index contributed by atoms with van der Waals surface area (Å²) in [5, 5.41) is 3.03. The quantitative estimate of drug-likeness (QED) is 0.551. The molecule has 1 aromatic carbocycles. The number of halogens is 3. The molecule has 37 heavy (non-hydrogen) atoms. The molecular formula is C25H36F3N3O5S. The summed E-state index contributed by atoms with van der Waals surface area (Å²) in [5.74, 6) is -0.407. The summed E-state index contributed by atoms with van der Waals surface area (Å²) in [5.41, 5.74) is -1.62. The van der Waals surface area contributed by atoms with Gasteiger partial charge in [-0.25, -0.2) is 13.2 Å². The number of nitrogens with one attached hydrogen (secondary N) is 1. The first-order chi connectivity index (χ1) is 17.0. The number of ether oxygens (including phenoxy) is 1. The number of nitrogens with zero attached hydrogens (tertiary/aromatic N) is 2. The fraction of sp³-hybridized carbons (Fsp3) is 0.680. The lowest BCUT2D eigenvalue weighted by molar-refractivity contribution is -0.137. The summed E-state index contributed by atoms with van der Waals surface area (Å²) in [4.78, 5) is 26.9. The van der Waals surface area contributed by atoms with Gasteiger partial charge in [-0.3, -0.25) is 9.69 Å². The summed E-state index contributed by atoms with van der Waals surface area (Å²) in [6.07, 6.45) is -2.64. The van der Waals surface area contributed by atoms with E-state index in [1.54, 1.807) is 20.8 Å². The van der Waals surface area contributed by atoms with Crippen LogP contribution in [0.5, 0.6) is 0 Å². The van der Waals surface area contributed by atoms with E-state index in [2.05, 4.69) is 5.32 Å². The molecule has 1 heterocycles. The Balaban J connectivity index is 1.68. The molecule has 2 amide bonds. The molecule has 8 nitrogen and oxygen atoms in total. The maximum atomic E-state index is 13.2. The van der Waals surface area contributed by atoms with Crippen LogP contribution in [0, 0.1) is 11.8 Å². The second kappa shape index (κ2) is 10.8. The number of rotatable bonds is 7. The summed E-state index contributed by atoms with van der Waals surface area (Å²) >= 11 is 0. The van der Waals surface area contributed by atoms with E-state index in [1.165, 1.54) is 16.3 Å². The minimum Gasteiger partial charge on any atom is -0.444 e. The molecule has 1 N–H and O–H groups in total. The third kappa shape index (κ3) is 6.76. The Bertz CT molecular complexity index is 1090. The lowest BCUT2D eigenvalue weighted by atomic mass is 9.97. The SMILES string of the molecule is CCC[C@@H](C(=O)N[C@@H]1CC[C@@H]2CN(S(=O)(=O)c3ccc(C(F)(F)F)cc3)C[C@@H]21)N(C)C(=O)OC(C)(C)C. The molecular weight excluding hydrogens is 511 g/mol. The van der Waals surface area contributed by atoms with Gasteiger partial charge in [-0.05, 0) is 76.1 Å². The molecule has 1 saturated heterocycles. The number of carbonyl (C=O) groups excluding carboxylic acids is 2. The third-order valence-electron chi connectivity index (χ3n) is 6.98. The van der Waals surface area contributed by atoms with Crippen LogP contribution in [-0.2, 0) is 25.7 Å². The van der Waals surface area contributed by atoms with Crippen molar-refractivity contribution in [1.82, 2.24) is 14.5 Å². The highest BCUT2D eigenvalue weighted by atomic mass is 32.2. The van der Waals surface area contributed by atoms with Crippen LogP contribution in [0.2, 0.25) is 0 Å². The summed E-state index contributed by atoms with van der Waals surface area (Å²) in [7, 11) is -2.45. The van der Waals surface area contributed by atoms with E-state index >= 15 is 0 Å². The van der Waals surface area contributed by atoms with Gasteiger partial charge in [-0.1, -0.05) is 13.3 Å². The lowest BCUT2D eigenvalue weighted by Gasteiger charge is -2.31. The maximum absolute atomic E-state index is 13.2. The number of likely N-dealkylation sites (N-methyl/N-ethyl adjacent to an activating group) is 1. The van der Waals surface area contributed by atoms with Gasteiger partial charge in [-0.2, -0.15) is 17.5 Å². The molecule has 12 heteroatoms. The molecule has 3 rings (SSSR count). The highest BCUT2D eigenvalue weighted by molar-refractivity contribution is 7.89. The number of fused-ring (bicyclic) bond motifs is 1. The molecule has 208 valence electrons. The molecule has 1 saturated carbocycles. The summed E-state index contributed by atoms with van der Waals surface area (Å²) in [6.45, 7) is 7.57. The van der Waals surface area contributed by atoms with Crippen molar-refractivity contribution in [3.05, 3.63) is 29.8 Å². The Kier molecular flexibility index (Phi) is 8.53. The second-order valence-electron chi connectivity index (χ2n) is 10.9. The smallest absolute Gasteiger partial charge is 0.416 e. The van der Waals surface area contributed by atoms with Gasteiger partial charge in [0.05, 0.1) is 10.5 Å². The van der Waals surface area contributed by atoms with Gasteiger partial charge in [0.15, 0.2) is 0 Å². The van der Waals surface area contributed by atoms with Crippen LogP contribution in [0.15, 0.2) is 29.2 Å². The first-order valence-corrected chi connectivity index (χ1v) is 13.9. The van der Waals surface area contributed by atoms with E-state index in [4.69, 9.17) is 4.74 Å². The molecule has 0 unspecified atom stereocenters. The lowest BCUT2D eigenvalue weighted by Crippen LogP contribution is -2.52. The van der Waals surface area contributed by atoms with Crippen LogP contribution in [-0.4, -0.2) is 67.4 Å². The Morgan fingerprint density at radius 1 is 1.14 bits per heavy atom. The van der Waals surface area contributed by atoms with Crippen molar-refractivity contribution < 1.29 is 35.9 Å². The molecule has 0 aromatic heterocycles. The monoisotopic (exact) mass is 547 g/mol. The fourth-order valence-electron chi connectivity index (χ4n) is 5.08. The molecule has 2 aliphatic rings. The van der Waals surface area contributed by atoms with E-state index in [0.29, 0.717) is 19.3 Å². The van der Waals surface area contributed by atoms with Gasteiger partial charge in [0.25, 0.3) is 0 Å². The number of carbonyl (C=O) groups is 2. The minimum atomic E-state index is -4.55. The zero-order valence-corrected chi connectivity index (χ0v) is 22.7. The van der Waals surface area contributed by atoms with Crippen molar-refractivity contribution in [1.29, 1.82) is 0 Å². The second-order valence-corrected chi connectivity index (χ2v) is 12.8. The molecule has 1 aromatic rings. The Morgan fingerprint density at radius 3 is 2.30 bits per heavy atom. The number of sulfonamides is 1. The topological polar surface area (TPSA) is 96.0 Å². The summed E-state index contributed by atoms with van der Waals surface area (Å²) in [6, 6.07) is 2.49. The van der Waals surface area contributed by atoms with Gasteiger partial charge in [0.1, 0.15) is 11.6 Å². The maximum Gasteiger partial charge on any atom is 0.416 e. The molecule has 0 spiro atoms. The molecule has 2 fully saturated rings. The molecule has 0 radical (unpaired) electrons. The van der Waals surface area contributed by atoms with Crippen molar-refractivity contribution >= 4 is 22.0 Å². The molecule has 4 atom stereocenters. The number of alkyl halides is 3. The van der Waals surface area contributed by atoms with E-state index in [-0.39, 0.29) is 41.8 Å². The van der Waals surface area contributed by atoms with Gasteiger partial charge in [0.2, 0.25) is 15.9 Å². The highest BCUT2D eigenvalue weighted by Crippen LogP contribution is 2.40. The van der Waals surface area contributed by atoms with Crippen LogP contribution in [0.25, 0.3) is 0 Å². The van der Waals surface area contributed by atoms with Crippen molar-refractivity contribution in [2.75, 3.05) is 20.1 Å². The van der Waals surface area contributed by atoms with Crippen LogP contribution >= 0.6 is 0 Å². The van der Waals surface area contributed by atoms with Gasteiger partial charge in [0, 0.05) is 26.2 Å². The van der Waals surface area contributed by atoms with Gasteiger partial charge < -0.3 is 10.1 Å². The van der Waals surface area contributed by atoms with E-state index < -0.39 is 39.5 Å². The molecule has 1 aliphatic heterocycles. The van der Waals surface area contributed by atoms with Crippen LogP contribution in [0.1, 0.15) is 58.9 Å². The standard InChI is InChI=1S/C25H36F3N3O5S/c1-6-7-21(30(5)23(33)36-24(2,3)4)22(32)29-20-13-8-16-14-31(15-19(16)20)37(34,35)18-11-9-17(10-12-18)25(26,27)28/h9-12,16,19-21H,6-8,13-15H2,1-5H3,(H,29,32)/t16-,19+,20-,21+/m1/s1. The fourth-order valence-corrected chi connectivity index (χ4v) is 6.61. The Hall–Kier alpha value is -2.34. The number of hydrogen-bond acceptors (Lipinski definition) is 5. The van der Waals surface area contributed by atoms with Crippen molar-refractivity contribution in [2.24, 2.45) is 11.8 Å². The highest BCUT2D eigenvalue weighted by Gasteiger charge is 2.47. The van der Waals surface area contributed by atoms with Crippen molar-refractivity contribution in [2.45, 2.75) is 82.1 Å². The number of benzene rings is 1. The van der Waals surface area contributed by atoms with Gasteiger partial charge in [-0.15, -0.1) is 0 Å². The van der Waals surface area contributed by atoms with Crippen LogP contribution in [0.3, 0.4) is 0 Å². The zero-order valence-electron chi connectivity index (χ0n) is 21.8. The average molecular weight is 548 g/mol. The normalized spacial score (nSPS) is 23.4. The predicted octanol–water partition coefficient (Wildman–Crippen LogP) is 4.26. The zero-order chi connectivity index (χ0) is 27.8. The van der Waals surface area contributed by atoms with E-state index in [0.717, 1.165) is 30.7 Å². The first kappa shape index (κ1) is 29.2. The van der Waals surface area contributed by atoms with Crippen LogP contribution < -0.4 is 5.32 Å². The largest absolute Gasteiger partial charge is 0.444 e. The number of hydrogen-bond donors (Lipinski definition) is 1. The first-order valence-electron chi connectivity index (χ1n) is 12.5. The minimum absolute atomic E-state index is 0.0303. The average Bonchev–Trinajstić information content (AvgIpc) is 3.38. The third-order valence-corrected chi connectivity index (χ3v) is 8.83. The molecule has 1 aliphatic carbocycles. The summed E-state index contributed by atoms with van der Waals surface area (Å²) < 4.78 is 71.6. The van der Waals surface area contributed by atoms with E-state index in [9.17, 15) is 31.2 Å². The predicted molar refractivity (Wildman–Crippen MR) is 131 cm³/mol. The van der Waals surface area contributed by atoms with Crippen molar-refractivity contribution in [3.8, 4) is 0 Å². The number of amides is 2. The Morgan fingerprint density at radius 2 is 1.76 bits per heavy atom. The van der Waals surface area contributed by atoms with Crippen LogP contribution in [0.4, 0.5) is 18.0 Å².